The molecule has 0 heterocycles. The number of hydrogen-bond acceptors (Lipinski definition) is 2. The fourth-order valence-corrected chi connectivity index (χ4v) is 1.54. The number of primary amides is 1. The summed E-state index contributed by atoms with van der Waals surface area (Å²) in [6.45, 7) is 3.99. The Bertz CT molecular complexity index is 373. The van der Waals surface area contributed by atoms with Crippen LogP contribution in [0.3, 0.4) is 0 Å². The van der Waals surface area contributed by atoms with Crippen molar-refractivity contribution in [2.24, 2.45) is 10.8 Å². The molecule has 1 aromatic rings. The van der Waals surface area contributed by atoms with Crippen molar-refractivity contribution in [2.75, 3.05) is 0 Å². The van der Waals surface area contributed by atoms with Gasteiger partial charge in [0.05, 0.1) is 0 Å². The van der Waals surface area contributed by atoms with E-state index in [-0.39, 0.29) is 0 Å². The molecule has 1 rings (SSSR count). The highest BCUT2D eigenvalue weighted by atomic mass is 16.2. The molecular formula is C12H17N3O. The maximum atomic E-state index is 10.5. The van der Waals surface area contributed by atoms with Gasteiger partial charge in [0.25, 0.3) is 0 Å². The van der Waals surface area contributed by atoms with Gasteiger partial charge in [-0.2, -0.15) is 5.10 Å². The van der Waals surface area contributed by atoms with Crippen molar-refractivity contribution in [3.8, 4) is 0 Å². The lowest BCUT2D eigenvalue weighted by molar-refractivity contribution is 0.249. The van der Waals surface area contributed by atoms with E-state index in [4.69, 9.17) is 5.73 Å². The van der Waals surface area contributed by atoms with Gasteiger partial charge in [-0.15, -0.1) is 0 Å². The maximum Gasteiger partial charge on any atom is 0.332 e. The van der Waals surface area contributed by atoms with Crippen LogP contribution in [0.1, 0.15) is 31.7 Å². The second kappa shape index (κ2) is 5.90. The molecule has 1 aromatic carbocycles. The molecule has 0 aliphatic heterocycles. The Labute approximate surface area is 95.5 Å². The third-order valence-corrected chi connectivity index (χ3v) is 2.33. The van der Waals surface area contributed by atoms with Crippen molar-refractivity contribution in [1.82, 2.24) is 5.43 Å². The van der Waals surface area contributed by atoms with E-state index < -0.39 is 6.03 Å². The summed E-state index contributed by atoms with van der Waals surface area (Å²) in [5, 5.41) is 3.88. The molecule has 1 atom stereocenters. The van der Waals surface area contributed by atoms with E-state index in [1.807, 2.05) is 25.1 Å². The van der Waals surface area contributed by atoms with E-state index in [9.17, 15) is 4.79 Å². The third-order valence-electron chi connectivity index (χ3n) is 2.33. The minimum absolute atomic E-state index is 0.375. The third kappa shape index (κ3) is 4.13. The van der Waals surface area contributed by atoms with Crippen LogP contribution in [0.4, 0.5) is 4.79 Å². The average Bonchev–Trinajstić information content (AvgIpc) is 2.27. The maximum absolute atomic E-state index is 10.5. The van der Waals surface area contributed by atoms with Gasteiger partial charge in [-0.1, -0.05) is 37.3 Å². The van der Waals surface area contributed by atoms with E-state index in [0.717, 1.165) is 12.1 Å². The zero-order valence-corrected chi connectivity index (χ0v) is 9.60. The first-order valence-corrected chi connectivity index (χ1v) is 5.23. The quantitative estimate of drug-likeness (QED) is 0.591. The molecular weight excluding hydrogens is 202 g/mol. The molecule has 0 spiro atoms. The van der Waals surface area contributed by atoms with Gasteiger partial charge in [0.1, 0.15) is 0 Å². The Morgan fingerprint density at radius 3 is 2.62 bits per heavy atom. The first kappa shape index (κ1) is 12.2. The lowest BCUT2D eigenvalue weighted by atomic mass is 9.96. The average molecular weight is 219 g/mol. The van der Waals surface area contributed by atoms with Gasteiger partial charge in [-0.05, 0) is 24.8 Å². The highest BCUT2D eigenvalue weighted by Crippen LogP contribution is 2.18. The molecule has 4 heteroatoms. The number of carbonyl (C=O) groups excluding carboxylic acids is 1. The lowest BCUT2D eigenvalue weighted by Gasteiger charge is -2.11. The van der Waals surface area contributed by atoms with E-state index >= 15 is 0 Å². The Morgan fingerprint density at radius 1 is 1.44 bits per heavy atom. The molecule has 0 aromatic heterocycles. The Hall–Kier alpha value is -1.84. The summed E-state index contributed by atoms with van der Waals surface area (Å²) in [6, 6.07) is 9.55. The van der Waals surface area contributed by atoms with Crippen molar-refractivity contribution in [1.29, 1.82) is 0 Å². The van der Waals surface area contributed by atoms with Crippen LogP contribution < -0.4 is 11.2 Å². The molecule has 4 nitrogen and oxygen atoms in total. The van der Waals surface area contributed by atoms with Crippen molar-refractivity contribution in [3.05, 3.63) is 35.9 Å². The van der Waals surface area contributed by atoms with E-state index in [0.29, 0.717) is 5.92 Å². The Morgan fingerprint density at radius 2 is 2.06 bits per heavy atom. The standard InChI is InChI=1S/C12H17N3O/c1-9(11-6-4-3-5-7-11)8-10(2)14-15-12(13)16/h3-7,9H,8H2,1-2H3,(H3,13,15,16)/b14-10+. The highest BCUT2D eigenvalue weighted by Gasteiger charge is 2.06. The van der Waals surface area contributed by atoms with Crippen LogP contribution in [0.25, 0.3) is 0 Å². The van der Waals surface area contributed by atoms with Gasteiger partial charge in [0, 0.05) is 5.71 Å². The van der Waals surface area contributed by atoms with E-state index in [2.05, 4.69) is 29.6 Å². The van der Waals surface area contributed by atoms with Crippen molar-refractivity contribution < 1.29 is 4.79 Å². The zero-order chi connectivity index (χ0) is 12.0. The number of hydrazone groups is 1. The molecule has 0 aliphatic rings. The fraction of sp³-hybridized carbons (Fsp3) is 0.333. The van der Waals surface area contributed by atoms with Crippen LogP contribution in [0.2, 0.25) is 0 Å². The summed E-state index contributed by atoms with van der Waals surface area (Å²) in [5.74, 6) is 0.375. The van der Waals surface area contributed by atoms with Gasteiger partial charge in [-0.3, -0.25) is 0 Å². The predicted molar refractivity (Wildman–Crippen MR) is 65.3 cm³/mol. The van der Waals surface area contributed by atoms with Gasteiger partial charge in [0.2, 0.25) is 0 Å². The number of benzene rings is 1. The second-order valence-corrected chi connectivity index (χ2v) is 3.84. The van der Waals surface area contributed by atoms with Crippen LogP contribution in [-0.2, 0) is 0 Å². The van der Waals surface area contributed by atoms with E-state index in [1.54, 1.807) is 0 Å². The largest absolute Gasteiger partial charge is 0.350 e. The first-order valence-electron chi connectivity index (χ1n) is 5.23. The highest BCUT2D eigenvalue weighted by molar-refractivity contribution is 5.84. The minimum atomic E-state index is -0.633. The molecule has 2 amide bonds. The first-order chi connectivity index (χ1) is 7.59. The number of nitrogens with zero attached hydrogens (tertiary/aromatic N) is 1. The fourth-order valence-electron chi connectivity index (χ4n) is 1.54. The van der Waals surface area contributed by atoms with Crippen molar-refractivity contribution >= 4 is 11.7 Å². The van der Waals surface area contributed by atoms with Gasteiger partial charge < -0.3 is 5.73 Å². The van der Waals surface area contributed by atoms with Crippen LogP contribution in [-0.4, -0.2) is 11.7 Å². The van der Waals surface area contributed by atoms with Crippen molar-refractivity contribution in [2.45, 2.75) is 26.2 Å². The summed E-state index contributed by atoms with van der Waals surface area (Å²) >= 11 is 0. The Kier molecular flexibility index (Phi) is 4.51. The summed E-state index contributed by atoms with van der Waals surface area (Å²) in [6.07, 6.45) is 0.796. The smallest absolute Gasteiger partial charge is 0.332 e. The molecule has 0 aliphatic carbocycles. The second-order valence-electron chi connectivity index (χ2n) is 3.84. The molecule has 16 heavy (non-hydrogen) atoms. The summed E-state index contributed by atoms with van der Waals surface area (Å²) in [4.78, 5) is 10.5. The lowest BCUT2D eigenvalue weighted by Crippen LogP contribution is -2.25. The van der Waals surface area contributed by atoms with Crippen molar-refractivity contribution in [3.63, 3.8) is 0 Å². The van der Waals surface area contributed by atoms with Gasteiger partial charge in [-0.25, -0.2) is 10.2 Å². The molecule has 3 N–H and O–H groups in total. The monoisotopic (exact) mass is 219 g/mol. The van der Waals surface area contributed by atoms with Gasteiger partial charge >= 0.3 is 6.03 Å². The van der Waals surface area contributed by atoms with Gasteiger partial charge in [0.15, 0.2) is 0 Å². The van der Waals surface area contributed by atoms with Crippen LogP contribution in [0.15, 0.2) is 35.4 Å². The number of nitrogens with one attached hydrogen (secondary N) is 1. The molecule has 0 fully saturated rings. The molecule has 1 unspecified atom stereocenters. The number of amides is 2. The SMILES string of the molecule is C/C(CC(C)c1ccccc1)=N\NC(N)=O. The molecule has 86 valence electrons. The number of rotatable bonds is 4. The summed E-state index contributed by atoms with van der Waals surface area (Å²) in [5.41, 5.74) is 9.27. The number of nitrogens with two attached hydrogens (primary N) is 1. The predicted octanol–water partition coefficient (Wildman–Crippen LogP) is 2.22. The minimum Gasteiger partial charge on any atom is -0.350 e. The summed E-state index contributed by atoms with van der Waals surface area (Å²) < 4.78 is 0. The summed E-state index contributed by atoms with van der Waals surface area (Å²) in [7, 11) is 0. The number of hydrogen-bond donors (Lipinski definition) is 2. The molecule has 0 radical (unpaired) electrons. The topological polar surface area (TPSA) is 67.5 Å². The van der Waals surface area contributed by atoms with Crippen LogP contribution in [0, 0.1) is 0 Å². The molecule has 0 saturated carbocycles. The Balaban J connectivity index is 2.54. The van der Waals surface area contributed by atoms with Crippen LogP contribution >= 0.6 is 0 Å². The number of carbonyl (C=O) groups is 1. The van der Waals surface area contributed by atoms with Crippen LogP contribution in [0.5, 0.6) is 0 Å². The molecule has 0 bridgehead atoms. The normalized spacial score (nSPS) is 13.2. The number of urea groups is 1. The molecule has 0 saturated heterocycles. The zero-order valence-electron chi connectivity index (χ0n) is 9.60. The van der Waals surface area contributed by atoms with E-state index in [1.165, 1.54) is 5.56 Å².